The van der Waals surface area contributed by atoms with Crippen LogP contribution in [0.1, 0.15) is 26.5 Å². The fourth-order valence-corrected chi connectivity index (χ4v) is 1.60. The first-order valence-corrected chi connectivity index (χ1v) is 4.78. The molecule has 0 amide bonds. The van der Waals surface area contributed by atoms with Gasteiger partial charge in [0.2, 0.25) is 0 Å². The van der Waals surface area contributed by atoms with E-state index in [9.17, 15) is 0 Å². The summed E-state index contributed by atoms with van der Waals surface area (Å²) in [7, 11) is 0. The molecule has 3 heteroatoms. The maximum atomic E-state index is 4.31. The molecule has 0 aliphatic rings. The largest absolute Gasteiger partial charge is 0.231 e. The highest BCUT2D eigenvalue weighted by Crippen LogP contribution is 2.28. The molecule has 12 heavy (non-hydrogen) atoms. The molecular weight excluding hydrogens is 168 g/mol. The quantitative estimate of drug-likeness (QED) is 0.493. The summed E-state index contributed by atoms with van der Waals surface area (Å²) < 4.78 is 0.188. The van der Waals surface area contributed by atoms with Gasteiger partial charge in [0.25, 0.3) is 0 Å². The average molecular weight is 182 g/mol. The molecular formula is C9H14N2S. The minimum absolute atomic E-state index is 0.188. The van der Waals surface area contributed by atoms with Crippen LogP contribution in [0.5, 0.6) is 0 Å². The van der Waals surface area contributed by atoms with Crippen molar-refractivity contribution in [2.24, 2.45) is 0 Å². The molecule has 0 fully saturated rings. The van der Waals surface area contributed by atoms with E-state index < -0.39 is 0 Å². The predicted molar refractivity (Wildman–Crippen MR) is 52.4 cm³/mol. The zero-order valence-electron chi connectivity index (χ0n) is 7.96. The van der Waals surface area contributed by atoms with E-state index in [1.807, 2.05) is 13.0 Å². The molecule has 0 radical (unpaired) electrons. The van der Waals surface area contributed by atoms with Gasteiger partial charge in [-0.05, 0) is 13.0 Å². The lowest BCUT2D eigenvalue weighted by molar-refractivity contribution is 0.789. The number of aryl methyl sites for hydroxylation is 1. The third-order valence-electron chi connectivity index (χ3n) is 1.17. The molecule has 1 aromatic rings. The Hall–Kier alpha value is -0.570. The van der Waals surface area contributed by atoms with Crippen molar-refractivity contribution < 1.29 is 0 Å². The van der Waals surface area contributed by atoms with Gasteiger partial charge in [-0.25, -0.2) is 9.97 Å². The van der Waals surface area contributed by atoms with Gasteiger partial charge in [-0.15, -0.1) is 0 Å². The first-order valence-electron chi connectivity index (χ1n) is 3.96. The highest BCUT2D eigenvalue weighted by atomic mass is 32.2. The Kier molecular flexibility index (Phi) is 2.73. The van der Waals surface area contributed by atoms with E-state index in [-0.39, 0.29) is 4.75 Å². The van der Waals surface area contributed by atoms with E-state index in [1.54, 1.807) is 18.0 Å². The van der Waals surface area contributed by atoms with Gasteiger partial charge < -0.3 is 0 Å². The third-order valence-corrected chi connectivity index (χ3v) is 2.16. The van der Waals surface area contributed by atoms with Gasteiger partial charge in [-0.1, -0.05) is 32.5 Å². The van der Waals surface area contributed by atoms with Crippen molar-refractivity contribution in [1.82, 2.24) is 9.97 Å². The molecule has 66 valence electrons. The maximum absolute atomic E-state index is 4.31. The molecule has 1 rings (SSSR count). The molecule has 1 heterocycles. The summed E-state index contributed by atoms with van der Waals surface area (Å²) >= 11 is 1.69. The van der Waals surface area contributed by atoms with Crippen LogP contribution in [0, 0.1) is 6.92 Å². The number of aromatic nitrogens is 2. The number of hydrogen-bond acceptors (Lipinski definition) is 3. The Bertz CT molecular complexity index is 265. The Labute approximate surface area is 77.8 Å². The topological polar surface area (TPSA) is 25.8 Å². The predicted octanol–water partition coefficient (Wildman–Crippen LogP) is 2.68. The Morgan fingerprint density at radius 2 is 2.00 bits per heavy atom. The van der Waals surface area contributed by atoms with Crippen molar-refractivity contribution in [2.75, 3.05) is 0 Å². The van der Waals surface area contributed by atoms with E-state index in [2.05, 4.69) is 30.7 Å². The van der Waals surface area contributed by atoms with Crippen molar-refractivity contribution in [3.8, 4) is 0 Å². The summed E-state index contributed by atoms with van der Waals surface area (Å²) in [6, 6.07) is 1.91. The van der Waals surface area contributed by atoms with Gasteiger partial charge in [0.15, 0.2) is 5.16 Å². The molecule has 0 aromatic carbocycles. The second kappa shape index (κ2) is 3.44. The molecule has 0 spiro atoms. The standard InChI is InChI=1S/C9H14N2S/c1-7-5-6-10-8(11-7)12-9(2,3)4/h5-6H,1-4H3. The lowest BCUT2D eigenvalue weighted by atomic mass is 10.3. The van der Waals surface area contributed by atoms with Crippen molar-refractivity contribution in [3.05, 3.63) is 18.0 Å². The van der Waals surface area contributed by atoms with Crippen LogP contribution in [0.15, 0.2) is 17.4 Å². The Morgan fingerprint density at radius 1 is 1.33 bits per heavy atom. The lowest BCUT2D eigenvalue weighted by Gasteiger charge is -2.15. The first kappa shape index (κ1) is 9.52. The van der Waals surface area contributed by atoms with Crippen LogP contribution < -0.4 is 0 Å². The van der Waals surface area contributed by atoms with E-state index >= 15 is 0 Å². The summed E-state index contributed by atoms with van der Waals surface area (Å²) in [5.74, 6) is 0. The zero-order chi connectivity index (χ0) is 9.19. The van der Waals surface area contributed by atoms with Gasteiger partial charge in [0, 0.05) is 16.6 Å². The minimum atomic E-state index is 0.188. The van der Waals surface area contributed by atoms with Crippen LogP contribution in [0.4, 0.5) is 0 Å². The molecule has 0 unspecified atom stereocenters. The van der Waals surface area contributed by atoms with Crippen molar-refractivity contribution in [3.63, 3.8) is 0 Å². The van der Waals surface area contributed by atoms with Crippen LogP contribution in [-0.4, -0.2) is 14.7 Å². The van der Waals surface area contributed by atoms with Gasteiger partial charge >= 0.3 is 0 Å². The molecule has 1 aromatic heterocycles. The number of nitrogens with zero attached hydrogens (tertiary/aromatic N) is 2. The fraction of sp³-hybridized carbons (Fsp3) is 0.556. The molecule has 0 atom stereocenters. The summed E-state index contributed by atoms with van der Waals surface area (Å²) in [5, 5.41) is 0.863. The summed E-state index contributed by atoms with van der Waals surface area (Å²) in [4.78, 5) is 8.49. The Morgan fingerprint density at radius 3 is 2.50 bits per heavy atom. The molecule has 0 aliphatic heterocycles. The number of rotatable bonds is 1. The van der Waals surface area contributed by atoms with Crippen LogP contribution >= 0.6 is 11.8 Å². The molecule has 0 bridgehead atoms. The van der Waals surface area contributed by atoms with Crippen molar-refractivity contribution >= 4 is 11.8 Å². The number of thioether (sulfide) groups is 1. The van der Waals surface area contributed by atoms with Crippen molar-refractivity contribution in [1.29, 1.82) is 0 Å². The van der Waals surface area contributed by atoms with Gasteiger partial charge in [0.05, 0.1) is 0 Å². The minimum Gasteiger partial charge on any atom is -0.231 e. The summed E-state index contributed by atoms with van der Waals surface area (Å²) in [5.41, 5.74) is 1.02. The van der Waals surface area contributed by atoms with Gasteiger partial charge in [-0.2, -0.15) is 0 Å². The van der Waals surface area contributed by atoms with Crippen LogP contribution in [0.3, 0.4) is 0 Å². The van der Waals surface area contributed by atoms with Crippen molar-refractivity contribution in [2.45, 2.75) is 37.6 Å². The molecule has 2 nitrogen and oxygen atoms in total. The molecule has 0 saturated heterocycles. The average Bonchev–Trinajstić information content (AvgIpc) is 1.82. The van der Waals surface area contributed by atoms with Gasteiger partial charge in [-0.3, -0.25) is 0 Å². The van der Waals surface area contributed by atoms with Crippen LogP contribution in [0.25, 0.3) is 0 Å². The zero-order valence-corrected chi connectivity index (χ0v) is 8.77. The third kappa shape index (κ3) is 3.22. The van der Waals surface area contributed by atoms with E-state index in [4.69, 9.17) is 0 Å². The lowest BCUT2D eigenvalue weighted by Crippen LogP contribution is -2.08. The Balaban J connectivity index is 2.77. The summed E-state index contributed by atoms with van der Waals surface area (Å²) in [6.07, 6.45) is 1.80. The normalized spacial score (nSPS) is 11.7. The molecule has 0 saturated carbocycles. The van der Waals surface area contributed by atoms with E-state index in [1.165, 1.54) is 0 Å². The van der Waals surface area contributed by atoms with E-state index in [0.717, 1.165) is 10.9 Å². The molecule has 0 aliphatic carbocycles. The SMILES string of the molecule is Cc1ccnc(SC(C)(C)C)n1. The smallest absolute Gasteiger partial charge is 0.188 e. The highest BCUT2D eigenvalue weighted by molar-refractivity contribution is 8.00. The highest BCUT2D eigenvalue weighted by Gasteiger charge is 2.13. The van der Waals surface area contributed by atoms with Crippen LogP contribution in [-0.2, 0) is 0 Å². The fourth-order valence-electron chi connectivity index (χ4n) is 0.749. The van der Waals surface area contributed by atoms with Gasteiger partial charge in [0.1, 0.15) is 0 Å². The maximum Gasteiger partial charge on any atom is 0.188 e. The monoisotopic (exact) mass is 182 g/mol. The van der Waals surface area contributed by atoms with Crippen LogP contribution in [0.2, 0.25) is 0 Å². The van der Waals surface area contributed by atoms with E-state index in [0.29, 0.717) is 0 Å². The summed E-state index contributed by atoms with van der Waals surface area (Å²) in [6.45, 7) is 8.45. The first-order chi connectivity index (χ1) is 5.47. The number of hydrogen-bond donors (Lipinski definition) is 0. The second-order valence-electron chi connectivity index (χ2n) is 3.70. The molecule has 0 N–H and O–H groups in total. The second-order valence-corrected chi connectivity index (χ2v) is 5.49.